The lowest BCUT2D eigenvalue weighted by atomic mass is 9.99. The van der Waals surface area contributed by atoms with Gasteiger partial charge in [0, 0.05) is 19.7 Å². The van der Waals surface area contributed by atoms with Crippen LogP contribution in [0.25, 0.3) is 0 Å². The molecule has 1 aromatic carbocycles. The number of benzene rings is 1. The summed E-state index contributed by atoms with van der Waals surface area (Å²) in [5.41, 5.74) is 1.02. The molecule has 0 unspecified atom stereocenters. The molecule has 0 aromatic heterocycles. The van der Waals surface area contributed by atoms with Gasteiger partial charge in [-0.15, -0.1) is 0 Å². The van der Waals surface area contributed by atoms with Crippen LogP contribution in [0.3, 0.4) is 0 Å². The van der Waals surface area contributed by atoms with Crippen molar-refractivity contribution < 1.29 is 18.9 Å². The minimum atomic E-state index is 0.546. The van der Waals surface area contributed by atoms with Crippen molar-refractivity contribution in [2.75, 3.05) is 41.0 Å². The van der Waals surface area contributed by atoms with E-state index >= 15 is 0 Å². The highest BCUT2D eigenvalue weighted by atomic mass is 16.5. The summed E-state index contributed by atoms with van der Waals surface area (Å²) in [6.07, 6.45) is 2.27. The van der Waals surface area contributed by atoms with Crippen LogP contribution < -0.4 is 19.5 Å². The lowest BCUT2D eigenvalue weighted by Crippen LogP contribution is -2.25. The number of hydrogen-bond donors (Lipinski definition) is 0. The summed E-state index contributed by atoms with van der Waals surface area (Å²) >= 11 is 0. The Labute approximate surface area is 126 Å². The van der Waals surface area contributed by atoms with Gasteiger partial charge in [0.25, 0.3) is 0 Å². The highest BCUT2D eigenvalue weighted by Crippen LogP contribution is 2.38. The molecule has 0 saturated carbocycles. The van der Waals surface area contributed by atoms with Crippen LogP contribution in [0.5, 0.6) is 17.2 Å². The predicted molar refractivity (Wildman–Crippen MR) is 80.3 cm³/mol. The zero-order valence-electron chi connectivity index (χ0n) is 13.1. The summed E-state index contributed by atoms with van der Waals surface area (Å²) in [6, 6.07) is 3.86. The molecule has 0 bridgehead atoms. The number of rotatable bonds is 7. The molecule has 0 N–H and O–H groups in total. The molecule has 1 aliphatic heterocycles. The highest BCUT2D eigenvalue weighted by Gasteiger charge is 2.15. The summed E-state index contributed by atoms with van der Waals surface area (Å²) in [4.78, 5) is 0. The fourth-order valence-corrected chi connectivity index (χ4v) is 2.53. The van der Waals surface area contributed by atoms with E-state index < -0.39 is 0 Å². The van der Waals surface area contributed by atoms with Gasteiger partial charge in [0.15, 0.2) is 11.5 Å². The van der Waals surface area contributed by atoms with Gasteiger partial charge in [-0.3, -0.25) is 0 Å². The van der Waals surface area contributed by atoms with E-state index in [4.69, 9.17) is 18.9 Å². The van der Waals surface area contributed by atoms with Gasteiger partial charge in [-0.25, -0.2) is 5.32 Å². The van der Waals surface area contributed by atoms with Crippen molar-refractivity contribution in [2.45, 2.75) is 19.4 Å². The van der Waals surface area contributed by atoms with E-state index in [2.05, 4.69) is 5.32 Å². The molecule has 21 heavy (non-hydrogen) atoms. The first-order chi connectivity index (χ1) is 10.3. The smallest absolute Gasteiger partial charge is 0.203 e. The Balaban J connectivity index is 1.95. The van der Waals surface area contributed by atoms with E-state index in [9.17, 15) is 0 Å². The minimum Gasteiger partial charge on any atom is -0.493 e. The van der Waals surface area contributed by atoms with Gasteiger partial charge in [-0.2, -0.15) is 0 Å². The van der Waals surface area contributed by atoms with Crippen molar-refractivity contribution >= 4 is 0 Å². The Morgan fingerprint density at radius 2 is 1.62 bits per heavy atom. The normalized spacial score (nSPS) is 15.8. The molecule has 1 radical (unpaired) electrons. The Morgan fingerprint density at radius 1 is 1.00 bits per heavy atom. The fraction of sp³-hybridized carbons (Fsp3) is 0.625. The maximum absolute atomic E-state index is 5.84. The maximum Gasteiger partial charge on any atom is 0.203 e. The van der Waals surface area contributed by atoms with E-state index in [1.54, 1.807) is 21.3 Å². The van der Waals surface area contributed by atoms with Crippen molar-refractivity contribution in [1.29, 1.82) is 0 Å². The first-order valence-electron chi connectivity index (χ1n) is 7.28. The van der Waals surface area contributed by atoms with Gasteiger partial charge in [0.2, 0.25) is 5.75 Å². The van der Waals surface area contributed by atoms with Crippen molar-refractivity contribution in [1.82, 2.24) is 5.32 Å². The van der Waals surface area contributed by atoms with Gasteiger partial charge in [0.05, 0.1) is 27.9 Å². The second-order valence-corrected chi connectivity index (χ2v) is 5.16. The molecular weight excluding hydrogens is 270 g/mol. The fourth-order valence-electron chi connectivity index (χ4n) is 2.53. The van der Waals surface area contributed by atoms with Gasteiger partial charge in [-0.1, -0.05) is 0 Å². The molecule has 1 heterocycles. The molecule has 0 spiro atoms. The largest absolute Gasteiger partial charge is 0.493 e. The van der Waals surface area contributed by atoms with E-state index in [1.165, 1.54) is 0 Å². The summed E-state index contributed by atoms with van der Waals surface area (Å²) in [6.45, 7) is 3.27. The molecular formula is C16H24NO4. The van der Waals surface area contributed by atoms with Crippen molar-refractivity contribution in [3.63, 3.8) is 0 Å². The van der Waals surface area contributed by atoms with Gasteiger partial charge >= 0.3 is 0 Å². The van der Waals surface area contributed by atoms with Crippen LogP contribution >= 0.6 is 0 Å². The summed E-state index contributed by atoms with van der Waals surface area (Å²) in [5, 5.41) is 4.36. The Morgan fingerprint density at radius 3 is 2.14 bits per heavy atom. The minimum absolute atomic E-state index is 0.546. The zero-order valence-corrected chi connectivity index (χ0v) is 13.1. The zero-order chi connectivity index (χ0) is 15.1. The molecule has 2 rings (SSSR count). The molecule has 1 saturated heterocycles. The van der Waals surface area contributed by atoms with E-state index in [0.717, 1.165) is 38.1 Å². The van der Waals surface area contributed by atoms with Crippen LogP contribution in [0.4, 0.5) is 0 Å². The van der Waals surface area contributed by atoms with Crippen molar-refractivity contribution in [3.05, 3.63) is 17.7 Å². The SMILES string of the molecule is COc1cc(COCC2CC[N]CC2)cc(OC)c1OC. The third-order valence-corrected chi connectivity index (χ3v) is 3.74. The molecule has 0 amide bonds. The first kappa shape index (κ1) is 15.9. The molecule has 5 nitrogen and oxygen atoms in total. The van der Waals surface area contributed by atoms with Gasteiger partial charge in [-0.05, 0) is 36.5 Å². The molecule has 1 aliphatic rings. The summed E-state index contributed by atoms with van der Waals surface area (Å²) in [5.74, 6) is 2.56. The monoisotopic (exact) mass is 294 g/mol. The van der Waals surface area contributed by atoms with Crippen LogP contribution in [0.15, 0.2) is 12.1 Å². The second-order valence-electron chi connectivity index (χ2n) is 5.16. The van der Waals surface area contributed by atoms with Crippen LogP contribution in [0, 0.1) is 5.92 Å². The van der Waals surface area contributed by atoms with Crippen LogP contribution in [0.2, 0.25) is 0 Å². The van der Waals surface area contributed by atoms with E-state index in [-0.39, 0.29) is 0 Å². The maximum atomic E-state index is 5.84. The van der Waals surface area contributed by atoms with Crippen LogP contribution in [-0.4, -0.2) is 41.0 Å². The van der Waals surface area contributed by atoms with Crippen molar-refractivity contribution in [3.8, 4) is 17.2 Å². The molecule has 0 atom stereocenters. The Kier molecular flexibility index (Phi) is 6.14. The summed E-state index contributed by atoms with van der Waals surface area (Å²) < 4.78 is 21.8. The first-order valence-corrected chi connectivity index (χ1v) is 7.28. The topological polar surface area (TPSA) is 51.0 Å². The molecule has 5 heteroatoms. The van der Waals surface area contributed by atoms with Gasteiger partial charge in [0.1, 0.15) is 0 Å². The van der Waals surface area contributed by atoms with E-state index in [0.29, 0.717) is 29.8 Å². The van der Waals surface area contributed by atoms with Crippen LogP contribution in [-0.2, 0) is 11.3 Å². The molecule has 117 valence electrons. The highest BCUT2D eigenvalue weighted by molar-refractivity contribution is 5.53. The number of ether oxygens (including phenoxy) is 4. The third kappa shape index (κ3) is 4.25. The molecule has 0 aliphatic carbocycles. The standard InChI is InChI=1S/C16H24NO4/c1-18-14-8-13(9-15(19-2)16(14)20-3)11-21-10-12-4-6-17-7-5-12/h8-9,12H,4-7,10-11H2,1-3H3. The predicted octanol–water partition coefficient (Wildman–Crippen LogP) is 2.24. The van der Waals surface area contributed by atoms with Crippen molar-refractivity contribution in [2.24, 2.45) is 5.92 Å². The quantitative estimate of drug-likeness (QED) is 0.774. The number of piperidine rings is 1. The second kappa shape index (κ2) is 8.10. The Hall–Kier alpha value is -1.46. The average molecular weight is 294 g/mol. The number of methoxy groups -OCH3 is 3. The van der Waals surface area contributed by atoms with Gasteiger partial charge < -0.3 is 18.9 Å². The lowest BCUT2D eigenvalue weighted by molar-refractivity contribution is 0.0757. The number of hydrogen-bond acceptors (Lipinski definition) is 4. The molecule has 1 fully saturated rings. The lowest BCUT2D eigenvalue weighted by Gasteiger charge is -2.21. The van der Waals surface area contributed by atoms with Crippen LogP contribution in [0.1, 0.15) is 18.4 Å². The molecule has 1 aromatic rings. The third-order valence-electron chi connectivity index (χ3n) is 3.74. The average Bonchev–Trinajstić information content (AvgIpc) is 2.54. The van der Waals surface area contributed by atoms with E-state index in [1.807, 2.05) is 12.1 Å². The Bertz CT molecular complexity index is 419. The summed E-state index contributed by atoms with van der Waals surface area (Å²) in [7, 11) is 4.84. The number of nitrogens with zero attached hydrogens (tertiary/aromatic N) is 1.